The van der Waals surface area contributed by atoms with Crippen LogP contribution in [0.2, 0.25) is 0 Å². The van der Waals surface area contributed by atoms with Crippen LogP contribution < -0.4 is 17.6 Å². The molecule has 9 nitrogen and oxygen atoms in total. The Balaban J connectivity index is -0.0000000215. The van der Waals surface area contributed by atoms with Crippen LogP contribution >= 0.6 is 136 Å². The van der Waals surface area contributed by atoms with Crippen molar-refractivity contribution in [1.29, 1.82) is 0 Å². The Bertz CT molecular complexity index is 236. The fourth-order valence-electron chi connectivity index (χ4n) is 0. The van der Waals surface area contributed by atoms with Gasteiger partial charge in [0.2, 0.25) is 0 Å². The highest BCUT2D eigenvalue weighted by Crippen LogP contribution is 2.16. The van der Waals surface area contributed by atoms with Crippen molar-refractivity contribution < 1.29 is 29.0 Å². The monoisotopic (exact) mass is 1090 g/mol. The molecule has 8 N–H and O–H groups in total. The minimum Gasteiger partial charge on any atom is -0.481 e. The summed E-state index contributed by atoms with van der Waals surface area (Å²) in [6.45, 7) is 3.81. The minimum atomic E-state index is -0.833. The number of nitrogens with two attached hydrogens (primary N) is 2. The van der Waals surface area contributed by atoms with Crippen molar-refractivity contribution in [3.05, 3.63) is 0 Å². The van der Waals surface area contributed by atoms with Crippen molar-refractivity contribution in [1.82, 2.24) is 6.15 Å². The highest BCUT2D eigenvalue weighted by Gasteiger charge is 1.77. The van der Waals surface area contributed by atoms with Crippen molar-refractivity contribution in [2.45, 2.75) is 20.7 Å². The van der Waals surface area contributed by atoms with E-state index >= 15 is 0 Å². The van der Waals surface area contributed by atoms with Gasteiger partial charge in [-0.15, -0.1) is 0 Å². The van der Waals surface area contributed by atoms with Crippen molar-refractivity contribution >= 4 is 153 Å². The maximum atomic E-state index is 9.59. The fraction of sp³-hybridized carbons (Fsp3) is 0.769. The highest BCUT2D eigenvalue weighted by molar-refractivity contribution is 14.3. The molecule has 0 aliphatic carbocycles. The van der Waals surface area contributed by atoms with Crippen LogP contribution in [0.3, 0.4) is 0 Å². The first kappa shape index (κ1) is 57.5. The molecule has 0 fully saturated rings. The van der Waals surface area contributed by atoms with Crippen molar-refractivity contribution in [2.75, 3.05) is 35.7 Å². The number of aliphatic carboxylic acids is 1. The molecule has 0 aromatic heterocycles. The number of halogens is 6. The summed E-state index contributed by atoms with van der Waals surface area (Å²) in [5.41, 5.74) is 9.00. The molecule has 0 saturated carbocycles. The smallest absolute Gasteiger partial charge is 0.302 e. The van der Waals surface area contributed by atoms with Gasteiger partial charge in [-0.05, 0) is 19.0 Å². The molecule has 0 atom stereocenters. The summed E-state index contributed by atoms with van der Waals surface area (Å²) >= 11 is 13.6. The average molecular weight is 1090 g/mol. The lowest BCUT2D eigenvalue weighted by Gasteiger charge is -1.80. The third-order valence-corrected chi connectivity index (χ3v) is 0.575. The summed E-state index contributed by atoms with van der Waals surface area (Å²) in [5, 5.41) is 7.42. The molecule has 0 unspecified atom stereocenters. The molecule has 0 bridgehead atoms. The molecule has 180 valence electrons. The molecule has 15 heteroatoms. The van der Waals surface area contributed by atoms with E-state index in [9.17, 15) is 9.59 Å². The first-order chi connectivity index (χ1) is 12.4. The first-order valence-corrected chi connectivity index (χ1v) is 15.2. The van der Waals surface area contributed by atoms with Gasteiger partial charge in [-0.2, -0.15) is 0 Å². The van der Waals surface area contributed by atoms with E-state index < -0.39 is 5.97 Å². The molecular weight excluding hydrogens is 1060 g/mol. The fourth-order valence-corrected chi connectivity index (χ4v) is 0. The number of hydrogen-bond acceptors (Lipinski definition) is 8. The van der Waals surface area contributed by atoms with Crippen LogP contribution in [-0.4, -0.2) is 58.6 Å². The molecule has 0 heterocycles. The standard InChI is InChI=1S/2C3H6O2.C2H4O2.CHI3.CH2I2.CH3I.2CH5N.H3N/c2*1-3(4)5-2;1-2(3)4;2-1(3)4;2-1-3;3*1-2;/h2*1-2H3;1H3,(H,3,4);1H;1H2;1H3;2*2H2,1H3;1H3. The molecule has 0 aromatic rings. The van der Waals surface area contributed by atoms with Gasteiger partial charge in [0.1, 0.15) is -0.0619 Å². The second-order valence-corrected chi connectivity index (χ2v) is 17.6. The van der Waals surface area contributed by atoms with Crippen molar-refractivity contribution in [3.63, 3.8) is 0 Å². The van der Waals surface area contributed by atoms with Gasteiger partial charge in [0, 0.05) is 20.8 Å². The lowest BCUT2D eigenvalue weighted by atomic mass is 10.8. The maximum Gasteiger partial charge on any atom is 0.302 e. The van der Waals surface area contributed by atoms with Gasteiger partial charge in [-0.1, -0.05) is 136 Å². The zero-order valence-corrected chi connectivity index (χ0v) is 30.3. The molecule has 0 amide bonds. The number of rotatable bonds is 0. The quantitative estimate of drug-likeness (QED) is 0.144. The number of carboxylic acid groups (broad SMARTS) is 1. The van der Waals surface area contributed by atoms with Crippen LogP contribution in [0.25, 0.3) is 0 Å². The third-order valence-electron chi connectivity index (χ3n) is 0.575. The maximum absolute atomic E-state index is 9.59. The van der Waals surface area contributed by atoms with Crippen LogP contribution in [0.15, 0.2) is 0 Å². The van der Waals surface area contributed by atoms with E-state index in [0.717, 1.165) is 6.86 Å². The normalized spacial score (nSPS) is 5.89. The van der Waals surface area contributed by atoms with E-state index in [1.54, 1.807) is 0 Å². The zero-order chi connectivity index (χ0) is 24.4. The number of carbonyl (C=O) groups is 3. The molecule has 0 rings (SSSR count). The summed E-state index contributed by atoms with van der Waals surface area (Å²) < 4.78 is 10.2. The molecule has 0 aliphatic heterocycles. The lowest BCUT2D eigenvalue weighted by Crippen LogP contribution is -1.88. The van der Waals surface area contributed by atoms with Gasteiger partial charge >= 0.3 is 11.9 Å². The number of carboxylic acids is 1. The van der Waals surface area contributed by atoms with Crippen molar-refractivity contribution in [3.8, 4) is 0 Å². The Kier molecular flexibility index (Phi) is 160. The van der Waals surface area contributed by atoms with E-state index in [-0.39, 0.29) is 18.1 Å². The molecule has 0 radical (unpaired) electrons. The largest absolute Gasteiger partial charge is 0.481 e. The average Bonchev–Trinajstić information content (AvgIpc) is 2.60. The Morgan fingerprint density at radius 3 is 0.857 bits per heavy atom. The number of esters is 2. The van der Waals surface area contributed by atoms with Crippen molar-refractivity contribution in [2.24, 2.45) is 11.5 Å². The number of carbonyl (C=O) groups excluding carboxylic acids is 2. The Hall–Kier alpha value is 2.67. The number of alkyl halides is 6. The molecule has 0 aliphatic rings. The lowest BCUT2D eigenvalue weighted by molar-refractivity contribution is -0.138. The van der Waals surface area contributed by atoms with E-state index in [1.165, 1.54) is 44.6 Å². The number of hydrogen-bond donors (Lipinski definition) is 4. The topological polar surface area (TPSA) is 177 Å². The minimum absolute atomic E-state index is 0. The van der Waals surface area contributed by atoms with Gasteiger partial charge in [-0.3, -0.25) is 14.4 Å². The van der Waals surface area contributed by atoms with Crippen LogP contribution in [0, 0.1) is 0 Å². The molecule has 0 aromatic carbocycles. The predicted molar refractivity (Wildman–Crippen MR) is 173 cm³/mol. The summed E-state index contributed by atoms with van der Waals surface area (Å²) in [6, 6.07) is 0. The number of ether oxygens (including phenoxy) is 2. The zero-order valence-electron chi connectivity index (χ0n) is 17.4. The van der Waals surface area contributed by atoms with E-state index in [1.807, 2.05) is 4.93 Å². The molecule has 28 heavy (non-hydrogen) atoms. The second-order valence-electron chi connectivity index (χ2n) is 2.26. The Morgan fingerprint density at radius 1 is 0.821 bits per heavy atom. The molecular formula is C13H35I6N3O6. The van der Waals surface area contributed by atoms with Crippen LogP contribution in [0.5, 0.6) is 0 Å². The Labute approximate surface area is 252 Å². The summed E-state index contributed by atoms with van der Waals surface area (Å²) in [6.07, 6.45) is 0. The van der Waals surface area contributed by atoms with Crippen LogP contribution in [0.1, 0.15) is 20.8 Å². The summed E-state index contributed by atoms with van der Waals surface area (Å²) in [4.78, 5) is 30.2. The van der Waals surface area contributed by atoms with Gasteiger partial charge < -0.3 is 32.2 Å². The van der Waals surface area contributed by atoms with E-state index in [2.05, 4.69) is 156 Å². The Morgan fingerprint density at radius 2 is 0.857 bits per heavy atom. The van der Waals surface area contributed by atoms with E-state index in [4.69, 9.17) is 9.90 Å². The van der Waals surface area contributed by atoms with Gasteiger partial charge in [0.25, 0.3) is 5.97 Å². The molecule has 0 saturated heterocycles. The van der Waals surface area contributed by atoms with Gasteiger partial charge in [-0.25, -0.2) is 0 Å². The summed E-state index contributed by atoms with van der Waals surface area (Å²) in [7, 11) is 5.70. The predicted octanol–water partition coefficient (Wildman–Crippen LogP) is 5.20. The second kappa shape index (κ2) is 78.1. The van der Waals surface area contributed by atoms with Crippen LogP contribution in [0.4, 0.5) is 0 Å². The highest BCUT2D eigenvalue weighted by atomic mass is 127. The SMILES string of the molecule is CC(=O)O.CI.CN.CN.COC(C)=O.COC(C)=O.IC(I)I.ICI.N. The number of methoxy groups -OCH3 is 2. The molecule has 0 spiro atoms. The van der Waals surface area contributed by atoms with Gasteiger partial charge in [0.05, 0.1) is 16.7 Å². The van der Waals surface area contributed by atoms with E-state index in [0.29, 0.717) is 0 Å². The van der Waals surface area contributed by atoms with Crippen LogP contribution in [-0.2, 0) is 23.9 Å². The third kappa shape index (κ3) is 493. The van der Waals surface area contributed by atoms with Gasteiger partial charge in [0.15, 0.2) is 0 Å². The first-order valence-electron chi connectivity index (χ1n) is 6.28. The summed E-state index contributed by atoms with van der Waals surface area (Å²) in [5.74, 6) is -1.32.